The molecule has 106 valence electrons. The second-order valence-electron chi connectivity index (χ2n) is 5.74. The first kappa shape index (κ1) is 14.4. The largest absolute Gasteiger partial charge is 0.508 e. The molecule has 0 amide bonds. The van der Waals surface area contributed by atoms with Gasteiger partial charge >= 0.3 is 0 Å². The third kappa shape index (κ3) is 3.48. The van der Waals surface area contributed by atoms with E-state index in [9.17, 15) is 5.11 Å². The first-order valence-electron chi connectivity index (χ1n) is 7.31. The van der Waals surface area contributed by atoms with E-state index in [-0.39, 0.29) is 6.04 Å². The maximum absolute atomic E-state index is 10.1. The molecule has 1 heterocycles. The number of phenolic OH excluding ortho intramolecular Hbond substituents is 1. The molecule has 0 aliphatic carbocycles. The highest BCUT2D eigenvalue weighted by Crippen LogP contribution is 2.31. The Labute approximate surface area is 116 Å². The van der Waals surface area contributed by atoms with Crippen LogP contribution in [0.3, 0.4) is 0 Å². The summed E-state index contributed by atoms with van der Waals surface area (Å²) in [6, 6.07) is 6.73. The molecule has 2 rings (SSSR count). The molecule has 2 unspecified atom stereocenters. The van der Waals surface area contributed by atoms with Gasteiger partial charge in [0.1, 0.15) is 5.75 Å². The van der Waals surface area contributed by atoms with Crippen LogP contribution in [0, 0.1) is 6.92 Å². The summed E-state index contributed by atoms with van der Waals surface area (Å²) in [5.74, 6) is 0.414. The molecule has 19 heavy (non-hydrogen) atoms. The lowest BCUT2D eigenvalue weighted by molar-refractivity contribution is 0.169. The third-order valence-electron chi connectivity index (χ3n) is 4.37. The average Bonchev–Trinajstić information content (AvgIpc) is 2.69. The highest BCUT2D eigenvalue weighted by atomic mass is 16.3. The minimum absolute atomic E-state index is 0.253. The van der Waals surface area contributed by atoms with Gasteiger partial charge in [-0.3, -0.25) is 4.90 Å². The SMILES string of the molecule is Cc1ccc(O)c(C(C)N(C)C2CCCNCC2)c1. The summed E-state index contributed by atoms with van der Waals surface area (Å²) in [7, 11) is 2.18. The molecule has 0 bridgehead atoms. The number of benzene rings is 1. The molecule has 3 heteroatoms. The van der Waals surface area contributed by atoms with Crippen LogP contribution < -0.4 is 5.32 Å². The maximum Gasteiger partial charge on any atom is 0.120 e. The molecule has 0 aromatic heterocycles. The van der Waals surface area contributed by atoms with Gasteiger partial charge in [-0.15, -0.1) is 0 Å². The van der Waals surface area contributed by atoms with Crippen LogP contribution in [0.25, 0.3) is 0 Å². The molecule has 0 saturated carbocycles. The van der Waals surface area contributed by atoms with E-state index in [1.165, 1.54) is 24.8 Å². The average molecular weight is 262 g/mol. The number of phenols is 1. The normalized spacial score (nSPS) is 22.2. The smallest absolute Gasteiger partial charge is 0.120 e. The Morgan fingerprint density at radius 1 is 1.32 bits per heavy atom. The van der Waals surface area contributed by atoms with Gasteiger partial charge in [0.05, 0.1) is 0 Å². The van der Waals surface area contributed by atoms with Crippen molar-refractivity contribution in [2.75, 3.05) is 20.1 Å². The molecule has 3 nitrogen and oxygen atoms in total. The maximum atomic E-state index is 10.1. The molecule has 0 radical (unpaired) electrons. The van der Waals surface area contributed by atoms with E-state index in [0.29, 0.717) is 11.8 Å². The monoisotopic (exact) mass is 262 g/mol. The van der Waals surface area contributed by atoms with E-state index in [0.717, 1.165) is 18.7 Å². The van der Waals surface area contributed by atoms with Crippen LogP contribution in [0.15, 0.2) is 18.2 Å². The Morgan fingerprint density at radius 3 is 2.89 bits per heavy atom. The van der Waals surface area contributed by atoms with Gasteiger partial charge in [-0.25, -0.2) is 0 Å². The van der Waals surface area contributed by atoms with E-state index < -0.39 is 0 Å². The van der Waals surface area contributed by atoms with Gasteiger partial charge < -0.3 is 10.4 Å². The zero-order chi connectivity index (χ0) is 13.8. The zero-order valence-electron chi connectivity index (χ0n) is 12.3. The predicted octanol–water partition coefficient (Wildman–Crippen LogP) is 2.84. The van der Waals surface area contributed by atoms with E-state index in [4.69, 9.17) is 0 Å². The van der Waals surface area contributed by atoms with Crippen LogP contribution in [0.5, 0.6) is 5.75 Å². The van der Waals surface area contributed by atoms with Crippen molar-refractivity contribution in [3.05, 3.63) is 29.3 Å². The summed E-state index contributed by atoms with van der Waals surface area (Å²) in [4.78, 5) is 2.42. The number of hydrogen-bond donors (Lipinski definition) is 2. The number of rotatable bonds is 3. The molecular formula is C16H26N2O. The number of nitrogens with zero attached hydrogens (tertiary/aromatic N) is 1. The molecule has 0 spiro atoms. The van der Waals surface area contributed by atoms with Crippen molar-refractivity contribution in [1.29, 1.82) is 0 Å². The van der Waals surface area contributed by atoms with Gasteiger partial charge in [0, 0.05) is 17.6 Å². The summed E-state index contributed by atoms with van der Waals surface area (Å²) in [6.07, 6.45) is 3.66. The van der Waals surface area contributed by atoms with Gasteiger partial charge in [0.2, 0.25) is 0 Å². The minimum Gasteiger partial charge on any atom is -0.508 e. The summed E-state index contributed by atoms with van der Waals surface area (Å²) in [5, 5.41) is 13.5. The fraction of sp³-hybridized carbons (Fsp3) is 0.625. The van der Waals surface area contributed by atoms with Crippen molar-refractivity contribution in [3.8, 4) is 5.75 Å². The van der Waals surface area contributed by atoms with Crippen LogP contribution in [-0.4, -0.2) is 36.2 Å². The van der Waals surface area contributed by atoms with E-state index in [1.807, 2.05) is 12.1 Å². The molecule has 1 aliphatic heterocycles. The topological polar surface area (TPSA) is 35.5 Å². The molecule has 2 N–H and O–H groups in total. The molecular weight excluding hydrogens is 236 g/mol. The van der Waals surface area contributed by atoms with Crippen LogP contribution in [0.1, 0.15) is 43.4 Å². The first-order chi connectivity index (χ1) is 9.09. The standard InChI is InChI=1S/C16H26N2O/c1-12-6-7-16(19)15(11-12)13(2)18(3)14-5-4-9-17-10-8-14/h6-7,11,13-14,17,19H,4-5,8-10H2,1-3H3. The molecule has 1 saturated heterocycles. The quantitative estimate of drug-likeness (QED) is 0.879. The van der Waals surface area contributed by atoms with Gasteiger partial charge in [-0.2, -0.15) is 0 Å². The van der Waals surface area contributed by atoms with Crippen molar-refractivity contribution < 1.29 is 5.11 Å². The van der Waals surface area contributed by atoms with Crippen LogP contribution in [0.2, 0.25) is 0 Å². The lowest BCUT2D eigenvalue weighted by Crippen LogP contribution is -2.34. The third-order valence-corrected chi connectivity index (χ3v) is 4.37. The Kier molecular flexibility index (Phi) is 4.83. The molecule has 1 aromatic carbocycles. The zero-order valence-corrected chi connectivity index (χ0v) is 12.3. The highest BCUT2D eigenvalue weighted by Gasteiger charge is 2.23. The number of nitrogens with one attached hydrogen (secondary N) is 1. The van der Waals surface area contributed by atoms with Crippen LogP contribution >= 0.6 is 0 Å². The van der Waals surface area contributed by atoms with E-state index in [1.54, 1.807) is 0 Å². The molecule has 2 atom stereocenters. The Hall–Kier alpha value is -1.06. The number of aromatic hydroxyl groups is 1. The highest BCUT2D eigenvalue weighted by molar-refractivity contribution is 5.37. The van der Waals surface area contributed by atoms with Gasteiger partial charge in [-0.05, 0) is 59.3 Å². The molecule has 1 fully saturated rings. The van der Waals surface area contributed by atoms with Crippen molar-refractivity contribution in [2.45, 2.75) is 45.2 Å². The number of aryl methyl sites for hydroxylation is 1. The van der Waals surface area contributed by atoms with Gasteiger partial charge in [0.15, 0.2) is 0 Å². The fourth-order valence-electron chi connectivity index (χ4n) is 2.95. The molecule has 1 aromatic rings. The van der Waals surface area contributed by atoms with E-state index >= 15 is 0 Å². The second-order valence-corrected chi connectivity index (χ2v) is 5.74. The number of hydrogen-bond acceptors (Lipinski definition) is 3. The summed E-state index contributed by atoms with van der Waals surface area (Å²) >= 11 is 0. The molecule has 1 aliphatic rings. The van der Waals surface area contributed by atoms with Crippen molar-refractivity contribution in [1.82, 2.24) is 10.2 Å². The Bertz CT molecular complexity index is 411. The van der Waals surface area contributed by atoms with Gasteiger partial charge in [-0.1, -0.05) is 17.7 Å². The Morgan fingerprint density at radius 2 is 2.11 bits per heavy atom. The lowest BCUT2D eigenvalue weighted by Gasteiger charge is -2.33. The van der Waals surface area contributed by atoms with Crippen molar-refractivity contribution in [2.24, 2.45) is 0 Å². The minimum atomic E-state index is 0.253. The van der Waals surface area contributed by atoms with Crippen LogP contribution in [0.4, 0.5) is 0 Å². The summed E-state index contributed by atoms with van der Waals surface area (Å²) in [5.41, 5.74) is 2.25. The summed E-state index contributed by atoms with van der Waals surface area (Å²) < 4.78 is 0. The second kappa shape index (κ2) is 6.40. The van der Waals surface area contributed by atoms with E-state index in [2.05, 4.69) is 37.2 Å². The fourth-order valence-corrected chi connectivity index (χ4v) is 2.95. The Balaban J connectivity index is 2.12. The van der Waals surface area contributed by atoms with Crippen molar-refractivity contribution in [3.63, 3.8) is 0 Å². The van der Waals surface area contributed by atoms with Crippen LogP contribution in [-0.2, 0) is 0 Å². The summed E-state index contributed by atoms with van der Waals surface area (Å²) in [6.45, 7) is 6.49. The lowest BCUT2D eigenvalue weighted by atomic mass is 9.99. The first-order valence-corrected chi connectivity index (χ1v) is 7.31. The van der Waals surface area contributed by atoms with Gasteiger partial charge in [0.25, 0.3) is 0 Å². The van der Waals surface area contributed by atoms with Crippen molar-refractivity contribution >= 4 is 0 Å². The predicted molar refractivity (Wildman–Crippen MR) is 79.5 cm³/mol.